The Bertz CT molecular complexity index is 409. The molecule has 1 aliphatic carbocycles. The van der Waals surface area contributed by atoms with Gasteiger partial charge in [-0.25, -0.2) is 0 Å². The van der Waals surface area contributed by atoms with Crippen LogP contribution >= 0.6 is 15.9 Å². The molecule has 0 radical (unpaired) electrons. The largest absolute Gasteiger partial charge is 0.388 e. The Morgan fingerprint density at radius 1 is 1.50 bits per heavy atom. The van der Waals surface area contributed by atoms with E-state index in [9.17, 15) is 5.11 Å². The van der Waals surface area contributed by atoms with Crippen molar-refractivity contribution in [2.45, 2.75) is 38.7 Å². The van der Waals surface area contributed by atoms with E-state index in [1.807, 2.05) is 24.3 Å². The Hall–Kier alpha value is -0.380. The molecule has 100 valence electrons. The van der Waals surface area contributed by atoms with E-state index < -0.39 is 6.10 Å². The quantitative estimate of drug-likeness (QED) is 0.895. The summed E-state index contributed by atoms with van der Waals surface area (Å²) < 4.78 is 0.976. The molecule has 0 aromatic heterocycles. The van der Waals surface area contributed by atoms with Crippen LogP contribution < -0.4 is 5.73 Å². The van der Waals surface area contributed by atoms with Gasteiger partial charge in [0.2, 0.25) is 0 Å². The van der Waals surface area contributed by atoms with Crippen LogP contribution in [0.15, 0.2) is 28.7 Å². The molecule has 2 nitrogen and oxygen atoms in total. The Labute approximate surface area is 118 Å². The van der Waals surface area contributed by atoms with E-state index in [1.165, 1.54) is 12.8 Å². The van der Waals surface area contributed by atoms with Gasteiger partial charge in [-0.3, -0.25) is 0 Å². The number of hydrogen-bond acceptors (Lipinski definition) is 2. The summed E-state index contributed by atoms with van der Waals surface area (Å²) in [7, 11) is 0. The SMILES string of the molecule is CC1CCCC(CN)(C(O)c2ccccc2Br)C1. The van der Waals surface area contributed by atoms with Crippen molar-refractivity contribution in [3.05, 3.63) is 34.3 Å². The van der Waals surface area contributed by atoms with Gasteiger partial charge in [-0.15, -0.1) is 0 Å². The van der Waals surface area contributed by atoms with Crippen LogP contribution in [-0.4, -0.2) is 11.7 Å². The molecular formula is C15H22BrNO. The molecule has 1 aliphatic rings. The molecule has 3 N–H and O–H groups in total. The minimum absolute atomic E-state index is 0.151. The highest BCUT2D eigenvalue weighted by Crippen LogP contribution is 2.48. The van der Waals surface area contributed by atoms with Crippen molar-refractivity contribution in [2.24, 2.45) is 17.1 Å². The summed E-state index contributed by atoms with van der Waals surface area (Å²) in [6.45, 7) is 2.82. The first-order chi connectivity index (χ1) is 8.59. The molecular weight excluding hydrogens is 290 g/mol. The summed E-state index contributed by atoms with van der Waals surface area (Å²) >= 11 is 3.53. The van der Waals surface area contributed by atoms with Gasteiger partial charge in [0.1, 0.15) is 0 Å². The molecule has 0 heterocycles. The molecule has 1 fully saturated rings. The van der Waals surface area contributed by atoms with E-state index >= 15 is 0 Å². The van der Waals surface area contributed by atoms with Crippen molar-refractivity contribution in [2.75, 3.05) is 6.54 Å². The lowest BCUT2D eigenvalue weighted by Gasteiger charge is -2.43. The maximum Gasteiger partial charge on any atom is 0.0869 e. The molecule has 0 aliphatic heterocycles. The van der Waals surface area contributed by atoms with E-state index in [0.29, 0.717) is 12.5 Å². The van der Waals surface area contributed by atoms with Crippen LogP contribution in [-0.2, 0) is 0 Å². The van der Waals surface area contributed by atoms with Crippen LogP contribution in [0, 0.1) is 11.3 Å². The number of aliphatic hydroxyl groups is 1. The summed E-state index contributed by atoms with van der Waals surface area (Å²) in [5, 5.41) is 10.8. The first-order valence-electron chi connectivity index (χ1n) is 6.71. The number of benzene rings is 1. The summed E-state index contributed by atoms with van der Waals surface area (Å²) in [6, 6.07) is 7.92. The van der Waals surface area contributed by atoms with Gasteiger partial charge >= 0.3 is 0 Å². The molecule has 3 atom stereocenters. The Balaban J connectivity index is 2.30. The van der Waals surface area contributed by atoms with Crippen molar-refractivity contribution in [3.8, 4) is 0 Å². The minimum Gasteiger partial charge on any atom is -0.388 e. The monoisotopic (exact) mass is 311 g/mol. The standard InChI is InChI=1S/C15H22BrNO/c1-11-5-4-8-15(9-11,10-17)14(18)12-6-2-3-7-13(12)16/h2-3,6-7,11,14,18H,4-5,8-10,17H2,1H3. The average Bonchev–Trinajstić information content (AvgIpc) is 2.38. The zero-order valence-corrected chi connectivity index (χ0v) is 12.5. The van der Waals surface area contributed by atoms with Crippen molar-refractivity contribution in [1.82, 2.24) is 0 Å². The van der Waals surface area contributed by atoms with Gasteiger partial charge in [0.05, 0.1) is 6.10 Å². The number of aliphatic hydroxyl groups excluding tert-OH is 1. The van der Waals surface area contributed by atoms with E-state index in [0.717, 1.165) is 22.9 Å². The number of halogens is 1. The maximum absolute atomic E-state index is 10.8. The Morgan fingerprint density at radius 3 is 2.83 bits per heavy atom. The second kappa shape index (κ2) is 5.72. The number of rotatable bonds is 3. The topological polar surface area (TPSA) is 46.2 Å². The maximum atomic E-state index is 10.8. The summed E-state index contributed by atoms with van der Waals surface area (Å²) in [5.74, 6) is 0.652. The van der Waals surface area contributed by atoms with Crippen molar-refractivity contribution in [1.29, 1.82) is 0 Å². The molecule has 0 bridgehead atoms. The number of hydrogen-bond donors (Lipinski definition) is 2. The first kappa shape index (κ1) is 14.0. The summed E-state index contributed by atoms with van der Waals surface area (Å²) in [6.07, 6.45) is 3.99. The second-order valence-corrected chi connectivity index (χ2v) is 6.55. The van der Waals surface area contributed by atoms with Crippen LogP contribution in [0.3, 0.4) is 0 Å². The van der Waals surface area contributed by atoms with Crippen molar-refractivity contribution >= 4 is 15.9 Å². The van der Waals surface area contributed by atoms with Crippen LogP contribution in [0.5, 0.6) is 0 Å². The lowest BCUT2D eigenvalue weighted by Crippen LogP contribution is -2.40. The van der Waals surface area contributed by atoms with E-state index in [1.54, 1.807) is 0 Å². The van der Waals surface area contributed by atoms with Crippen molar-refractivity contribution < 1.29 is 5.11 Å². The molecule has 3 heteroatoms. The third-order valence-electron chi connectivity index (χ3n) is 4.31. The highest BCUT2D eigenvalue weighted by molar-refractivity contribution is 9.10. The third-order valence-corrected chi connectivity index (χ3v) is 5.04. The normalized spacial score (nSPS) is 30.1. The first-order valence-corrected chi connectivity index (χ1v) is 7.51. The van der Waals surface area contributed by atoms with Crippen molar-refractivity contribution in [3.63, 3.8) is 0 Å². The fraction of sp³-hybridized carbons (Fsp3) is 0.600. The smallest absolute Gasteiger partial charge is 0.0869 e. The molecule has 1 aromatic carbocycles. The third kappa shape index (κ3) is 2.63. The lowest BCUT2D eigenvalue weighted by atomic mass is 9.65. The Kier molecular flexibility index (Phi) is 4.46. The van der Waals surface area contributed by atoms with Crippen LogP contribution in [0.4, 0.5) is 0 Å². The minimum atomic E-state index is -0.471. The van der Waals surface area contributed by atoms with Gasteiger partial charge in [-0.2, -0.15) is 0 Å². The Morgan fingerprint density at radius 2 is 2.22 bits per heavy atom. The fourth-order valence-corrected chi connectivity index (χ4v) is 3.77. The predicted octanol–water partition coefficient (Wildman–Crippen LogP) is 3.64. The number of nitrogens with two attached hydrogens (primary N) is 1. The zero-order chi connectivity index (χ0) is 13.2. The molecule has 0 saturated heterocycles. The fourth-order valence-electron chi connectivity index (χ4n) is 3.27. The molecule has 2 rings (SSSR count). The molecule has 1 saturated carbocycles. The zero-order valence-electron chi connectivity index (χ0n) is 10.9. The molecule has 0 amide bonds. The van der Waals surface area contributed by atoms with Gasteiger partial charge in [-0.05, 0) is 30.4 Å². The highest BCUT2D eigenvalue weighted by atomic mass is 79.9. The van der Waals surface area contributed by atoms with Gasteiger partial charge in [0.15, 0.2) is 0 Å². The van der Waals surface area contributed by atoms with Gasteiger partial charge in [0, 0.05) is 16.4 Å². The van der Waals surface area contributed by atoms with E-state index in [4.69, 9.17) is 5.73 Å². The van der Waals surface area contributed by atoms with Gasteiger partial charge in [0.25, 0.3) is 0 Å². The molecule has 3 unspecified atom stereocenters. The molecule has 1 aromatic rings. The molecule has 0 spiro atoms. The lowest BCUT2D eigenvalue weighted by molar-refractivity contribution is -0.0135. The molecule has 18 heavy (non-hydrogen) atoms. The summed E-state index contributed by atoms with van der Waals surface area (Å²) in [5.41, 5.74) is 6.83. The van der Waals surface area contributed by atoms with Gasteiger partial charge in [-0.1, -0.05) is 53.9 Å². The summed E-state index contributed by atoms with van der Waals surface area (Å²) in [4.78, 5) is 0. The van der Waals surface area contributed by atoms with Crippen LogP contribution in [0.1, 0.15) is 44.3 Å². The second-order valence-electron chi connectivity index (χ2n) is 5.69. The van der Waals surface area contributed by atoms with E-state index in [-0.39, 0.29) is 5.41 Å². The average molecular weight is 312 g/mol. The van der Waals surface area contributed by atoms with Crippen LogP contribution in [0.25, 0.3) is 0 Å². The highest BCUT2D eigenvalue weighted by Gasteiger charge is 2.41. The van der Waals surface area contributed by atoms with E-state index in [2.05, 4.69) is 22.9 Å². The van der Waals surface area contributed by atoms with Gasteiger partial charge < -0.3 is 10.8 Å². The van der Waals surface area contributed by atoms with Crippen LogP contribution in [0.2, 0.25) is 0 Å². The predicted molar refractivity (Wildman–Crippen MR) is 78.2 cm³/mol.